The van der Waals surface area contributed by atoms with E-state index in [1.54, 1.807) is 6.92 Å². The summed E-state index contributed by atoms with van der Waals surface area (Å²) in [5.41, 5.74) is -1.19. The Morgan fingerprint density at radius 2 is 1.56 bits per heavy atom. The van der Waals surface area contributed by atoms with Gasteiger partial charge in [0.1, 0.15) is 6.10 Å². The van der Waals surface area contributed by atoms with Gasteiger partial charge < -0.3 is 4.74 Å². The van der Waals surface area contributed by atoms with E-state index in [4.69, 9.17) is 4.74 Å². The van der Waals surface area contributed by atoms with Gasteiger partial charge in [0.15, 0.2) is 5.78 Å². The molecule has 6 nitrogen and oxygen atoms in total. The first kappa shape index (κ1) is 32.5. The van der Waals surface area contributed by atoms with Crippen LogP contribution in [0.4, 0.5) is 13.2 Å². The number of ether oxygens (including phenoxy) is 1. The highest BCUT2D eigenvalue weighted by atomic mass is 19.4. The molecule has 5 rings (SSSR count). The third-order valence-electron chi connectivity index (χ3n) is 13.9. The number of hydrogen-bond acceptors (Lipinski definition) is 5. The monoisotopic (exact) mass is 609 g/mol. The Morgan fingerprint density at radius 3 is 2.16 bits per heavy atom. The topological polar surface area (TPSA) is 72.9 Å². The van der Waals surface area contributed by atoms with Crippen molar-refractivity contribution in [3.8, 4) is 0 Å². The van der Waals surface area contributed by atoms with E-state index in [-0.39, 0.29) is 62.7 Å². The molecule has 0 aliphatic heterocycles. The van der Waals surface area contributed by atoms with E-state index < -0.39 is 17.7 Å². The maximum absolute atomic E-state index is 14.5. The van der Waals surface area contributed by atoms with Crippen LogP contribution >= 0.6 is 0 Å². The van der Waals surface area contributed by atoms with Crippen LogP contribution in [0.15, 0.2) is 11.6 Å². The molecule has 4 fully saturated rings. The average Bonchev–Trinajstić information content (AvgIpc) is 2.86. The van der Waals surface area contributed by atoms with Gasteiger partial charge in [-0.25, -0.2) is 5.06 Å². The molecule has 5 aliphatic rings. The van der Waals surface area contributed by atoms with E-state index in [0.717, 1.165) is 51.1 Å². The summed E-state index contributed by atoms with van der Waals surface area (Å²) in [5, 5.41) is 0.346. The van der Waals surface area contributed by atoms with Crippen molar-refractivity contribution in [2.75, 3.05) is 7.05 Å². The van der Waals surface area contributed by atoms with Crippen molar-refractivity contribution in [3.63, 3.8) is 0 Å². The summed E-state index contributed by atoms with van der Waals surface area (Å²) in [6, 6.07) is 0. The molecule has 9 heteroatoms. The quantitative estimate of drug-likeness (QED) is 0.241. The molecule has 0 spiro atoms. The van der Waals surface area contributed by atoms with Gasteiger partial charge in [-0.2, -0.15) is 4.84 Å². The van der Waals surface area contributed by atoms with Crippen molar-refractivity contribution >= 4 is 17.7 Å². The van der Waals surface area contributed by atoms with Crippen molar-refractivity contribution in [3.05, 3.63) is 11.6 Å². The predicted molar refractivity (Wildman–Crippen MR) is 155 cm³/mol. The number of alkyl halides is 3. The molecule has 1 unspecified atom stereocenters. The molecule has 0 aromatic rings. The van der Waals surface area contributed by atoms with Gasteiger partial charge in [0.05, 0.1) is 0 Å². The molecule has 1 amide bonds. The van der Waals surface area contributed by atoms with Crippen LogP contribution in [-0.4, -0.2) is 42.2 Å². The number of allylic oxidation sites excluding steroid dienone is 2. The Labute approximate surface area is 254 Å². The number of hydrogen-bond donors (Lipinski definition) is 0. The summed E-state index contributed by atoms with van der Waals surface area (Å²) in [6.07, 6.45) is 3.56. The Kier molecular flexibility index (Phi) is 7.40. The first-order valence-corrected chi connectivity index (χ1v) is 16.0. The van der Waals surface area contributed by atoms with Gasteiger partial charge in [-0.1, -0.05) is 54.0 Å². The summed E-state index contributed by atoms with van der Waals surface area (Å²) < 4.78 is 44.8. The zero-order valence-electron chi connectivity index (χ0n) is 27.4. The van der Waals surface area contributed by atoms with E-state index >= 15 is 0 Å². The van der Waals surface area contributed by atoms with E-state index in [2.05, 4.69) is 46.4 Å². The zero-order valence-corrected chi connectivity index (χ0v) is 27.4. The summed E-state index contributed by atoms with van der Waals surface area (Å²) >= 11 is 0. The second-order valence-electron chi connectivity index (χ2n) is 16.6. The third-order valence-corrected chi connectivity index (χ3v) is 13.9. The van der Waals surface area contributed by atoms with Gasteiger partial charge in [-0.15, -0.1) is 13.2 Å². The van der Waals surface area contributed by atoms with Gasteiger partial charge in [-0.05, 0) is 97.4 Å². The van der Waals surface area contributed by atoms with Crippen LogP contribution in [0.2, 0.25) is 0 Å². The zero-order chi connectivity index (χ0) is 32.2. The molecule has 0 N–H and O–H groups in total. The van der Waals surface area contributed by atoms with Crippen LogP contribution in [0, 0.1) is 50.2 Å². The Balaban J connectivity index is 1.52. The number of fused-ring (bicyclic) bond motifs is 7. The SMILES string of the molecule is CC(=O)O[C@H]1CC[C@@]2(C)C(CC[C@]3(C)[C@@H]2C(=O)C=C2[C@@H]4C[C@@](C)(C(=O)N(C)OC(F)(F)F)CC[C@]4(C)CC[C@]23C)C1(C)C. The standard InChI is InChI=1S/C34H50F3NO5/c1-20(39)42-25-11-12-31(6)24(28(25,2)3)10-13-33(8)26(31)23(40)18-21-22-19-30(5,27(41)38(9)43-34(35,36)37)15-14-29(22,4)16-17-32(21,33)7/h18,22,24-26H,10-17,19H2,1-9H3/t22-,24?,25-,26+,29+,30-,31-,32+,33+/m0/s1. The summed E-state index contributed by atoms with van der Waals surface area (Å²) in [5.74, 6) is -0.855. The maximum atomic E-state index is 14.5. The lowest BCUT2D eigenvalue weighted by atomic mass is 9.33. The molecular formula is C34H50F3NO5. The van der Waals surface area contributed by atoms with Crippen molar-refractivity contribution in [2.24, 2.45) is 50.2 Å². The van der Waals surface area contributed by atoms with Crippen LogP contribution in [0.5, 0.6) is 0 Å². The average molecular weight is 610 g/mol. The van der Waals surface area contributed by atoms with Crippen molar-refractivity contribution in [1.29, 1.82) is 0 Å². The predicted octanol–water partition coefficient (Wildman–Crippen LogP) is 7.81. The lowest BCUT2D eigenvalue weighted by Gasteiger charge is -2.70. The fourth-order valence-electron chi connectivity index (χ4n) is 11.3. The van der Waals surface area contributed by atoms with Crippen LogP contribution < -0.4 is 0 Å². The fourth-order valence-corrected chi connectivity index (χ4v) is 11.3. The Hall–Kier alpha value is -1.90. The van der Waals surface area contributed by atoms with Gasteiger partial charge >= 0.3 is 12.3 Å². The minimum atomic E-state index is -4.95. The Bertz CT molecular complexity index is 1240. The van der Waals surface area contributed by atoms with Gasteiger partial charge in [0, 0.05) is 30.7 Å². The van der Waals surface area contributed by atoms with Crippen LogP contribution in [-0.2, 0) is 24.0 Å². The number of halogens is 3. The van der Waals surface area contributed by atoms with Crippen molar-refractivity contribution < 1.29 is 37.1 Å². The number of amides is 1. The molecule has 4 saturated carbocycles. The molecule has 0 heterocycles. The molecule has 0 radical (unpaired) electrons. The number of carbonyl (C=O) groups is 3. The molecule has 0 bridgehead atoms. The highest BCUT2D eigenvalue weighted by Crippen LogP contribution is 2.75. The Morgan fingerprint density at radius 1 is 0.930 bits per heavy atom. The molecule has 242 valence electrons. The lowest BCUT2D eigenvalue weighted by molar-refractivity contribution is -0.399. The van der Waals surface area contributed by atoms with Crippen molar-refractivity contribution in [1.82, 2.24) is 5.06 Å². The molecule has 9 atom stereocenters. The van der Waals surface area contributed by atoms with Crippen LogP contribution in [0.1, 0.15) is 113 Å². The van der Waals surface area contributed by atoms with Crippen LogP contribution in [0.3, 0.4) is 0 Å². The molecule has 0 aromatic carbocycles. The molecule has 5 aliphatic carbocycles. The lowest BCUT2D eigenvalue weighted by Crippen LogP contribution is -2.66. The molecule has 0 saturated heterocycles. The second kappa shape index (κ2) is 9.80. The number of nitrogens with zero attached hydrogens (tertiary/aromatic N) is 1. The summed E-state index contributed by atoms with van der Waals surface area (Å²) in [7, 11) is 1.03. The number of ketones is 1. The normalized spacial score (nSPS) is 45.5. The van der Waals surface area contributed by atoms with E-state index in [0.29, 0.717) is 24.3 Å². The van der Waals surface area contributed by atoms with Crippen molar-refractivity contribution in [2.45, 2.75) is 126 Å². The summed E-state index contributed by atoms with van der Waals surface area (Å²) in [6.45, 7) is 16.7. The second-order valence-corrected chi connectivity index (χ2v) is 16.6. The van der Waals surface area contributed by atoms with E-state index in [1.165, 1.54) is 6.92 Å². The van der Waals surface area contributed by atoms with E-state index in [1.807, 2.05) is 6.08 Å². The first-order valence-electron chi connectivity index (χ1n) is 16.0. The van der Waals surface area contributed by atoms with Gasteiger partial charge in [0.25, 0.3) is 5.91 Å². The minimum Gasteiger partial charge on any atom is -0.462 e. The number of carbonyl (C=O) groups excluding carboxylic acids is 3. The van der Waals surface area contributed by atoms with Gasteiger partial charge in [-0.3, -0.25) is 14.4 Å². The number of esters is 1. The van der Waals surface area contributed by atoms with Gasteiger partial charge in [0.2, 0.25) is 0 Å². The maximum Gasteiger partial charge on any atom is 0.544 e. The number of hydroxylamine groups is 2. The molecule has 43 heavy (non-hydrogen) atoms. The third kappa shape index (κ3) is 4.72. The first-order chi connectivity index (χ1) is 19.5. The highest BCUT2D eigenvalue weighted by Gasteiger charge is 2.70. The van der Waals surface area contributed by atoms with Crippen LogP contribution in [0.25, 0.3) is 0 Å². The summed E-state index contributed by atoms with van der Waals surface area (Å²) in [4.78, 5) is 43.9. The fraction of sp³-hybridized carbons (Fsp3) is 0.853. The molecule has 0 aromatic heterocycles. The number of rotatable bonds is 3. The minimum absolute atomic E-state index is 0.0864. The molecular weight excluding hydrogens is 559 g/mol. The van der Waals surface area contributed by atoms with E-state index in [9.17, 15) is 27.6 Å². The smallest absolute Gasteiger partial charge is 0.462 e. The largest absolute Gasteiger partial charge is 0.544 e. The highest BCUT2D eigenvalue weighted by molar-refractivity contribution is 5.95.